The Morgan fingerprint density at radius 3 is 2.57 bits per heavy atom. The van der Waals surface area contributed by atoms with Gasteiger partial charge < -0.3 is 15.4 Å². The van der Waals surface area contributed by atoms with Crippen molar-refractivity contribution in [1.82, 2.24) is 20.6 Å². The third kappa shape index (κ3) is 7.24. The van der Waals surface area contributed by atoms with Crippen LogP contribution in [-0.2, 0) is 12.7 Å². The van der Waals surface area contributed by atoms with E-state index in [2.05, 4.69) is 25.6 Å². The normalized spacial score (nSPS) is 11.8. The van der Waals surface area contributed by atoms with Crippen LogP contribution in [0.15, 0.2) is 17.3 Å². The third-order valence-corrected chi connectivity index (χ3v) is 4.75. The number of rotatable bonds is 6. The van der Waals surface area contributed by atoms with Crippen LogP contribution in [0.3, 0.4) is 0 Å². The van der Waals surface area contributed by atoms with E-state index < -0.39 is 11.7 Å². The lowest BCUT2D eigenvalue weighted by Crippen LogP contribution is -2.38. The Morgan fingerprint density at radius 1 is 1.32 bits per heavy atom. The van der Waals surface area contributed by atoms with E-state index in [1.807, 2.05) is 13.8 Å². The van der Waals surface area contributed by atoms with E-state index in [9.17, 15) is 13.2 Å². The van der Waals surface area contributed by atoms with Crippen molar-refractivity contribution in [2.75, 3.05) is 20.2 Å². The molecular formula is C16H20ClF3IN5OS. The van der Waals surface area contributed by atoms with E-state index >= 15 is 0 Å². The van der Waals surface area contributed by atoms with Gasteiger partial charge in [-0.2, -0.15) is 13.2 Å². The van der Waals surface area contributed by atoms with Crippen LogP contribution in [0.5, 0.6) is 5.88 Å². The molecule has 2 rings (SSSR count). The molecule has 28 heavy (non-hydrogen) atoms. The van der Waals surface area contributed by atoms with E-state index in [4.69, 9.17) is 16.3 Å². The van der Waals surface area contributed by atoms with Crippen LogP contribution in [0.4, 0.5) is 13.2 Å². The van der Waals surface area contributed by atoms with Gasteiger partial charge in [-0.05, 0) is 19.9 Å². The van der Waals surface area contributed by atoms with E-state index in [-0.39, 0.29) is 41.5 Å². The number of nitrogens with one attached hydrogen (secondary N) is 2. The summed E-state index contributed by atoms with van der Waals surface area (Å²) in [4.78, 5) is 13.2. The number of ether oxygens (including phenoxy) is 1. The minimum Gasteiger partial charge on any atom is -0.475 e. The molecule has 0 aliphatic heterocycles. The van der Waals surface area contributed by atoms with E-state index in [1.165, 1.54) is 0 Å². The Kier molecular flexibility index (Phi) is 9.70. The molecule has 2 aromatic rings. The molecule has 0 saturated heterocycles. The Hall–Kier alpha value is -1.34. The number of aromatic nitrogens is 2. The molecule has 12 heteroatoms. The molecule has 0 unspecified atom stereocenters. The van der Waals surface area contributed by atoms with Crippen molar-refractivity contribution in [3.63, 3.8) is 0 Å². The number of aliphatic imine (C=N–C) groups is 1. The topological polar surface area (TPSA) is 71.4 Å². The van der Waals surface area contributed by atoms with Crippen molar-refractivity contribution in [3.05, 3.63) is 38.4 Å². The second-order valence-electron chi connectivity index (χ2n) is 5.45. The second kappa shape index (κ2) is 11.0. The van der Waals surface area contributed by atoms with Crippen LogP contribution in [-0.4, -0.2) is 36.1 Å². The number of nitrogens with zero attached hydrogens (tertiary/aromatic N) is 3. The fourth-order valence-electron chi connectivity index (χ4n) is 2.13. The quantitative estimate of drug-likeness (QED) is 0.245. The highest BCUT2D eigenvalue weighted by molar-refractivity contribution is 14.0. The molecule has 0 radical (unpaired) electrons. The summed E-state index contributed by atoms with van der Waals surface area (Å²) in [5.74, 6) is 0.515. The standard InChI is InChI=1S/C16H19ClF3N5OS.HI/c1-9-13(27-10(2)25-9)8-24-15(21-3)22-4-5-26-14-12(17)6-11(7-23-14)16(18,19)20;/h6-7H,4-5,8H2,1-3H3,(H2,21,22,24);1H. The molecule has 0 aliphatic rings. The lowest BCUT2D eigenvalue weighted by atomic mass is 10.3. The van der Waals surface area contributed by atoms with Crippen molar-refractivity contribution in [2.45, 2.75) is 26.6 Å². The van der Waals surface area contributed by atoms with Crippen molar-refractivity contribution >= 4 is 52.9 Å². The summed E-state index contributed by atoms with van der Waals surface area (Å²) in [5, 5.41) is 7.01. The monoisotopic (exact) mass is 549 g/mol. The number of pyridine rings is 1. The highest BCUT2D eigenvalue weighted by Gasteiger charge is 2.31. The van der Waals surface area contributed by atoms with Crippen LogP contribution in [0.1, 0.15) is 21.1 Å². The average molecular weight is 550 g/mol. The number of halogens is 5. The average Bonchev–Trinajstić information content (AvgIpc) is 2.92. The van der Waals surface area contributed by atoms with Gasteiger partial charge >= 0.3 is 6.18 Å². The van der Waals surface area contributed by atoms with Gasteiger partial charge in [-0.3, -0.25) is 4.99 Å². The first kappa shape index (κ1) is 24.7. The fourth-order valence-corrected chi connectivity index (χ4v) is 3.22. The van der Waals surface area contributed by atoms with Crippen molar-refractivity contribution in [2.24, 2.45) is 4.99 Å². The van der Waals surface area contributed by atoms with Crippen molar-refractivity contribution in [3.8, 4) is 5.88 Å². The number of alkyl halides is 3. The summed E-state index contributed by atoms with van der Waals surface area (Å²) in [6, 6.07) is 0.789. The first-order valence-electron chi connectivity index (χ1n) is 7.93. The van der Waals surface area contributed by atoms with Gasteiger partial charge in [-0.25, -0.2) is 9.97 Å². The minimum atomic E-state index is -4.50. The van der Waals surface area contributed by atoms with E-state index in [0.717, 1.165) is 21.6 Å². The van der Waals surface area contributed by atoms with Crippen LogP contribution in [0, 0.1) is 13.8 Å². The van der Waals surface area contributed by atoms with Gasteiger partial charge in [0.1, 0.15) is 11.6 Å². The highest BCUT2D eigenvalue weighted by atomic mass is 127. The molecule has 0 aromatic carbocycles. The maximum absolute atomic E-state index is 12.6. The van der Waals surface area contributed by atoms with Gasteiger partial charge in [0.05, 0.1) is 29.4 Å². The lowest BCUT2D eigenvalue weighted by Gasteiger charge is -2.13. The number of thiazole rings is 1. The zero-order valence-electron chi connectivity index (χ0n) is 15.4. The summed E-state index contributed by atoms with van der Waals surface area (Å²) in [6.07, 6.45) is -3.81. The molecule has 6 nitrogen and oxygen atoms in total. The summed E-state index contributed by atoms with van der Waals surface area (Å²) in [5.41, 5.74) is 0.0583. The van der Waals surface area contributed by atoms with Gasteiger partial charge in [-0.15, -0.1) is 35.3 Å². The van der Waals surface area contributed by atoms with Gasteiger partial charge in [0.15, 0.2) is 5.96 Å². The predicted octanol–water partition coefficient (Wildman–Crippen LogP) is 4.19. The van der Waals surface area contributed by atoms with E-state index in [1.54, 1.807) is 18.4 Å². The molecule has 156 valence electrons. The molecule has 0 amide bonds. The Balaban J connectivity index is 0.00000392. The molecule has 0 fully saturated rings. The number of aryl methyl sites for hydroxylation is 2. The van der Waals surface area contributed by atoms with Gasteiger partial charge in [0, 0.05) is 18.1 Å². The highest BCUT2D eigenvalue weighted by Crippen LogP contribution is 2.32. The van der Waals surface area contributed by atoms with Gasteiger partial charge in [-0.1, -0.05) is 11.6 Å². The van der Waals surface area contributed by atoms with E-state index in [0.29, 0.717) is 25.2 Å². The van der Waals surface area contributed by atoms with Crippen LogP contribution in [0.2, 0.25) is 5.02 Å². The molecule has 0 aliphatic carbocycles. The summed E-state index contributed by atoms with van der Waals surface area (Å²) in [6.45, 7) is 5.00. The zero-order chi connectivity index (χ0) is 20.0. The molecule has 0 spiro atoms. The van der Waals surface area contributed by atoms with Crippen LogP contribution < -0.4 is 15.4 Å². The Morgan fingerprint density at radius 2 is 2.04 bits per heavy atom. The number of hydrogen-bond donors (Lipinski definition) is 2. The molecule has 2 heterocycles. The predicted molar refractivity (Wildman–Crippen MR) is 115 cm³/mol. The molecule has 2 aromatic heterocycles. The van der Waals surface area contributed by atoms with Crippen LogP contribution in [0.25, 0.3) is 0 Å². The largest absolute Gasteiger partial charge is 0.475 e. The number of guanidine groups is 1. The Labute approximate surface area is 187 Å². The SMILES string of the molecule is CN=C(NCCOc1ncc(C(F)(F)F)cc1Cl)NCc1sc(C)nc1C.I. The van der Waals surface area contributed by atoms with Gasteiger partial charge in [0.25, 0.3) is 0 Å². The molecule has 2 N–H and O–H groups in total. The van der Waals surface area contributed by atoms with Crippen molar-refractivity contribution < 1.29 is 17.9 Å². The summed E-state index contributed by atoms with van der Waals surface area (Å²) in [7, 11) is 1.63. The Bertz CT molecular complexity index is 816. The first-order valence-corrected chi connectivity index (χ1v) is 9.13. The zero-order valence-corrected chi connectivity index (χ0v) is 19.3. The smallest absolute Gasteiger partial charge is 0.417 e. The van der Waals surface area contributed by atoms with Gasteiger partial charge in [0.2, 0.25) is 5.88 Å². The summed E-state index contributed by atoms with van der Waals surface area (Å²) < 4.78 is 43.1. The minimum absolute atomic E-state index is 0. The fraction of sp³-hybridized carbons (Fsp3) is 0.438. The molecular weight excluding hydrogens is 530 g/mol. The van der Waals surface area contributed by atoms with Crippen LogP contribution >= 0.6 is 46.9 Å². The molecule has 0 bridgehead atoms. The maximum atomic E-state index is 12.6. The molecule has 0 atom stereocenters. The van der Waals surface area contributed by atoms with Crippen molar-refractivity contribution in [1.29, 1.82) is 0 Å². The lowest BCUT2D eigenvalue weighted by molar-refractivity contribution is -0.137. The second-order valence-corrected chi connectivity index (χ2v) is 7.15. The summed E-state index contributed by atoms with van der Waals surface area (Å²) >= 11 is 7.40. The maximum Gasteiger partial charge on any atom is 0.417 e. The third-order valence-electron chi connectivity index (χ3n) is 3.41. The molecule has 0 saturated carbocycles. The number of hydrogen-bond acceptors (Lipinski definition) is 5. The first-order chi connectivity index (χ1) is 12.7.